The summed E-state index contributed by atoms with van der Waals surface area (Å²) in [7, 11) is 1.32. The number of hydrogen-bond donors (Lipinski definition) is 0. The van der Waals surface area contributed by atoms with Gasteiger partial charge in [-0.3, -0.25) is 4.79 Å². The number of rotatable bonds is 5. The number of halogens is 4. The molecular formula is C18H20ClF3N4O2. The first-order valence-corrected chi connectivity index (χ1v) is 9.42. The van der Waals surface area contributed by atoms with Crippen molar-refractivity contribution < 1.29 is 22.7 Å². The van der Waals surface area contributed by atoms with Crippen molar-refractivity contribution in [1.29, 1.82) is 0 Å². The molecule has 1 aromatic heterocycles. The van der Waals surface area contributed by atoms with Crippen LogP contribution < -0.4 is 0 Å². The monoisotopic (exact) mass is 416 g/mol. The van der Waals surface area contributed by atoms with Gasteiger partial charge in [-0.15, -0.1) is 5.10 Å². The Balaban J connectivity index is 1.90. The maximum Gasteiger partial charge on any atom is 0.453 e. The Kier molecular flexibility index (Phi) is 6.22. The highest BCUT2D eigenvalue weighted by Crippen LogP contribution is 2.36. The summed E-state index contributed by atoms with van der Waals surface area (Å²) in [5.41, 5.74) is 0.594. The number of ether oxygens (including phenoxy) is 1. The fourth-order valence-corrected chi connectivity index (χ4v) is 3.97. The number of carbonyl (C=O) groups is 1. The van der Waals surface area contributed by atoms with Crippen LogP contribution >= 0.6 is 11.6 Å². The van der Waals surface area contributed by atoms with Crippen LogP contribution in [0.4, 0.5) is 13.2 Å². The van der Waals surface area contributed by atoms with Crippen molar-refractivity contribution in [1.82, 2.24) is 20.2 Å². The van der Waals surface area contributed by atoms with Crippen molar-refractivity contribution in [2.75, 3.05) is 7.11 Å². The molecule has 0 radical (unpaired) electrons. The molecule has 0 N–H and O–H groups in total. The lowest BCUT2D eigenvalue weighted by Gasteiger charge is -2.25. The van der Waals surface area contributed by atoms with Crippen molar-refractivity contribution in [3.63, 3.8) is 0 Å². The Labute approximate surface area is 165 Å². The van der Waals surface area contributed by atoms with E-state index in [-0.39, 0.29) is 16.7 Å². The van der Waals surface area contributed by atoms with E-state index in [1.54, 1.807) is 6.07 Å². The lowest BCUT2D eigenvalue weighted by molar-refractivity contribution is -0.146. The molecule has 10 heteroatoms. The lowest BCUT2D eigenvalue weighted by atomic mass is 9.80. The number of tetrazole rings is 1. The molecule has 0 spiro atoms. The van der Waals surface area contributed by atoms with Crippen LogP contribution in [-0.4, -0.2) is 33.3 Å². The molecule has 1 aromatic carbocycles. The van der Waals surface area contributed by atoms with E-state index >= 15 is 0 Å². The van der Waals surface area contributed by atoms with Crippen molar-refractivity contribution in [2.45, 2.75) is 50.6 Å². The summed E-state index contributed by atoms with van der Waals surface area (Å²) in [6.45, 7) is 0. The Morgan fingerprint density at radius 3 is 2.64 bits per heavy atom. The fourth-order valence-electron chi connectivity index (χ4n) is 3.70. The van der Waals surface area contributed by atoms with Crippen molar-refractivity contribution >= 4 is 17.6 Å². The minimum Gasteiger partial charge on any atom is -0.469 e. The van der Waals surface area contributed by atoms with E-state index < -0.39 is 17.9 Å². The largest absolute Gasteiger partial charge is 0.469 e. The van der Waals surface area contributed by atoms with Gasteiger partial charge in [0.1, 0.15) is 0 Å². The van der Waals surface area contributed by atoms with E-state index in [0.29, 0.717) is 22.6 Å². The highest BCUT2D eigenvalue weighted by molar-refractivity contribution is 6.32. The third kappa shape index (κ3) is 4.45. The van der Waals surface area contributed by atoms with E-state index in [2.05, 4.69) is 15.5 Å². The van der Waals surface area contributed by atoms with E-state index in [1.165, 1.54) is 25.7 Å². The maximum absolute atomic E-state index is 13.1. The zero-order valence-electron chi connectivity index (χ0n) is 15.2. The first kappa shape index (κ1) is 20.6. The molecule has 1 atom stereocenters. The van der Waals surface area contributed by atoms with Crippen molar-refractivity contribution in [2.24, 2.45) is 5.92 Å². The second-order valence-electron chi connectivity index (χ2n) is 6.94. The van der Waals surface area contributed by atoms with Gasteiger partial charge in [-0.2, -0.15) is 17.9 Å². The number of esters is 1. The minimum absolute atomic E-state index is 0.0102. The molecule has 0 bridgehead atoms. The first-order chi connectivity index (χ1) is 13.3. The second kappa shape index (κ2) is 8.46. The molecule has 1 aliphatic rings. The van der Waals surface area contributed by atoms with Gasteiger partial charge in [-0.25, -0.2) is 0 Å². The number of alkyl halides is 3. The van der Waals surface area contributed by atoms with Crippen molar-refractivity contribution in [3.8, 4) is 5.69 Å². The molecule has 1 aliphatic carbocycles. The van der Waals surface area contributed by atoms with Gasteiger partial charge in [-0.1, -0.05) is 49.8 Å². The molecule has 28 heavy (non-hydrogen) atoms. The van der Waals surface area contributed by atoms with Crippen LogP contribution in [0.1, 0.15) is 55.8 Å². The predicted molar refractivity (Wildman–Crippen MR) is 95.1 cm³/mol. The zero-order chi connectivity index (χ0) is 20.3. The fraction of sp³-hybridized carbons (Fsp3) is 0.556. The van der Waals surface area contributed by atoms with E-state index in [4.69, 9.17) is 16.3 Å². The summed E-state index contributed by atoms with van der Waals surface area (Å²) in [4.78, 5) is 12.3. The van der Waals surface area contributed by atoms with E-state index in [1.807, 2.05) is 0 Å². The molecule has 1 unspecified atom stereocenters. The molecule has 1 heterocycles. The quantitative estimate of drug-likeness (QED) is 0.668. The van der Waals surface area contributed by atoms with Crippen LogP contribution in [0.2, 0.25) is 5.02 Å². The molecule has 1 fully saturated rings. The third-order valence-electron chi connectivity index (χ3n) is 5.10. The number of hydrogen-bond acceptors (Lipinski definition) is 5. The molecule has 0 aliphatic heterocycles. The zero-order valence-corrected chi connectivity index (χ0v) is 16.0. The molecule has 0 amide bonds. The van der Waals surface area contributed by atoms with Crippen molar-refractivity contribution in [3.05, 3.63) is 34.6 Å². The summed E-state index contributed by atoms with van der Waals surface area (Å²) >= 11 is 6.24. The number of aromatic nitrogens is 4. The molecule has 2 aromatic rings. The van der Waals surface area contributed by atoms with Gasteiger partial charge in [-0.05, 0) is 40.5 Å². The highest BCUT2D eigenvalue weighted by atomic mass is 35.5. The van der Waals surface area contributed by atoms with Gasteiger partial charge in [0.2, 0.25) is 0 Å². The maximum atomic E-state index is 13.1. The second-order valence-corrected chi connectivity index (χ2v) is 7.35. The molecule has 0 saturated heterocycles. The van der Waals surface area contributed by atoms with Gasteiger partial charge in [0.05, 0.1) is 23.7 Å². The highest BCUT2D eigenvalue weighted by Gasteiger charge is 2.39. The van der Waals surface area contributed by atoms with Gasteiger partial charge in [0.15, 0.2) is 0 Å². The number of carbonyl (C=O) groups excluding carboxylic acids is 1. The summed E-state index contributed by atoms with van der Waals surface area (Å²) in [5, 5.41) is 9.53. The summed E-state index contributed by atoms with van der Waals surface area (Å²) in [6.07, 6.45) is 1.49. The smallest absolute Gasteiger partial charge is 0.453 e. The Morgan fingerprint density at radius 2 is 2.04 bits per heavy atom. The minimum atomic E-state index is -4.72. The summed E-state index contributed by atoms with van der Waals surface area (Å²) in [6, 6.07) is 4.46. The molecule has 6 nitrogen and oxygen atoms in total. The Morgan fingerprint density at radius 1 is 1.32 bits per heavy atom. The van der Waals surface area contributed by atoms with Crippen LogP contribution in [0.5, 0.6) is 0 Å². The van der Waals surface area contributed by atoms with Gasteiger partial charge >= 0.3 is 12.1 Å². The molecule has 3 rings (SSSR count). The SMILES string of the molecule is COC(=O)C(CC1CCCCC1)c1ccc(-n2nnnc2C(F)(F)F)c(Cl)c1. The predicted octanol–water partition coefficient (Wildman–Crippen LogP) is 4.56. The molecular weight excluding hydrogens is 397 g/mol. The summed E-state index contributed by atoms with van der Waals surface area (Å²) < 4.78 is 44.6. The van der Waals surface area contributed by atoms with Gasteiger partial charge in [0, 0.05) is 0 Å². The van der Waals surface area contributed by atoms with E-state index in [0.717, 1.165) is 25.7 Å². The number of methoxy groups -OCH3 is 1. The van der Waals surface area contributed by atoms with Gasteiger partial charge in [0.25, 0.3) is 5.82 Å². The van der Waals surface area contributed by atoms with Gasteiger partial charge < -0.3 is 4.74 Å². The Bertz CT molecular complexity index is 834. The first-order valence-electron chi connectivity index (χ1n) is 9.04. The number of benzene rings is 1. The molecule has 152 valence electrons. The third-order valence-corrected chi connectivity index (χ3v) is 5.41. The van der Waals surface area contributed by atoms with Crippen LogP contribution in [0.15, 0.2) is 18.2 Å². The molecule has 1 saturated carbocycles. The van der Waals surface area contributed by atoms with Crippen LogP contribution in [-0.2, 0) is 15.7 Å². The standard InChI is InChI=1S/C18H20ClF3N4O2/c1-28-16(27)13(9-11-5-3-2-4-6-11)12-7-8-15(14(19)10-12)26-17(18(20,21)22)23-24-25-26/h7-8,10-11,13H,2-6,9H2,1H3. The topological polar surface area (TPSA) is 69.9 Å². The van der Waals surface area contributed by atoms with Crippen LogP contribution in [0, 0.1) is 5.92 Å². The average Bonchev–Trinajstić information content (AvgIpc) is 3.16. The van der Waals surface area contributed by atoms with Crippen LogP contribution in [0.25, 0.3) is 5.69 Å². The average molecular weight is 417 g/mol. The Hall–Kier alpha value is -2.16. The van der Waals surface area contributed by atoms with E-state index in [9.17, 15) is 18.0 Å². The number of nitrogens with zero attached hydrogens (tertiary/aromatic N) is 4. The normalized spacial score (nSPS) is 16.8. The van der Waals surface area contributed by atoms with Crippen LogP contribution in [0.3, 0.4) is 0 Å². The lowest BCUT2D eigenvalue weighted by Crippen LogP contribution is -2.20. The summed E-state index contributed by atoms with van der Waals surface area (Å²) in [5.74, 6) is -1.76.